The van der Waals surface area contributed by atoms with Gasteiger partial charge in [0, 0.05) is 16.1 Å². The number of imide groups is 1. The summed E-state index contributed by atoms with van der Waals surface area (Å²) in [6, 6.07) is 20.7. The number of hydrogen-bond donors (Lipinski definition) is 0. The molecule has 2 amide bonds. The third-order valence-corrected chi connectivity index (χ3v) is 7.52. The Kier molecular flexibility index (Phi) is 4.82. The van der Waals surface area contributed by atoms with Crippen molar-refractivity contribution in [3.8, 4) is 0 Å². The van der Waals surface area contributed by atoms with E-state index in [9.17, 15) is 19.2 Å². The normalized spacial score (nSPS) is 24.4. The van der Waals surface area contributed by atoms with Gasteiger partial charge in [-0.05, 0) is 30.2 Å². The molecule has 35 heavy (non-hydrogen) atoms. The van der Waals surface area contributed by atoms with E-state index in [1.807, 2.05) is 31.2 Å². The molecule has 0 N–H and O–H groups in total. The van der Waals surface area contributed by atoms with Gasteiger partial charge in [-0.2, -0.15) is 0 Å². The van der Waals surface area contributed by atoms with Crippen molar-refractivity contribution in [3.05, 3.63) is 106 Å². The van der Waals surface area contributed by atoms with Crippen molar-refractivity contribution in [2.75, 3.05) is 0 Å². The van der Waals surface area contributed by atoms with Gasteiger partial charge in [-0.3, -0.25) is 24.1 Å². The Bertz CT molecular complexity index is 1380. The van der Waals surface area contributed by atoms with Crippen LogP contribution in [0.5, 0.6) is 0 Å². The van der Waals surface area contributed by atoms with Gasteiger partial charge in [-0.15, -0.1) is 0 Å². The molecule has 0 unspecified atom stereocenters. The zero-order valence-corrected chi connectivity index (χ0v) is 19.5. The van der Waals surface area contributed by atoms with E-state index in [1.165, 1.54) is 0 Å². The number of likely N-dealkylation sites (tertiary alicyclic amines) is 1. The van der Waals surface area contributed by atoms with Gasteiger partial charge in [0.15, 0.2) is 0 Å². The molecule has 174 valence electrons. The molecule has 6 rings (SSSR count). The second-order valence-electron chi connectivity index (χ2n) is 9.28. The van der Waals surface area contributed by atoms with Crippen molar-refractivity contribution in [3.63, 3.8) is 0 Å². The fourth-order valence-corrected chi connectivity index (χ4v) is 5.69. The van der Waals surface area contributed by atoms with Gasteiger partial charge in [0.1, 0.15) is 0 Å². The van der Waals surface area contributed by atoms with Crippen molar-refractivity contribution < 1.29 is 23.9 Å². The van der Waals surface area contributed by atoms with Crippen LogP contribution in [0.15, 0.2) is 72.8 Å². The Morgan fingerprint density at radius 3 is 2.03 bits per heavy atom. The van der Waals surface area contributed by atoms with Gasteiger partial charge in [0.25, 0.3) is 0 Å². The number of aryl methyl sites for hydroxylation is 1. The van der Waals surface area contributed by atoms with E-state index < -0.39 is 46.9 Å². The topological polar surface area (TPSA) is 80.8 Å². The number of fused-ring (bicyclic) bond motifs is 3. The minimum Gasteiger partial charge on any atom is -0.349 e. The lowest BCUT2D eigenvalue weighted by molar-refractivity contribution is -0.145. The van der Waals surface area contributed by atoms with E-state index in [0.717, 1.165) is 10.5 Å². The van der Waals surface area contributed by atoms with E-state index in [1.54, 1.807) is 48.5 Å². The highest BCUT2D eigenvalue weighted by molar-refractivity contribution is 6.35. The lowest BCUT2D eigenvalue weighted by atomic mass is 9.77. The number of carbonyl (C=O) groups excluding carboxylic acids is 4. The molecule has 6 nitrogen and oxygen atoms in total. The van der Waals surface area contributed by atoms with Crippen LogP contribution in [0.2, 0.25) is 5.02 Å². The van der Waals surface area contributed by atoms with E-state index in [4.69, 9.17) is 16.3 Å². The minimum atomic E-state index is -2.05. The molecular weight excluding hydrogens is 466 g/mol. The Morgan fingerprint density at radius 2 is 1.43 bits per heavy atom. The molecule has 1 spiro atoms. The molecule has 3 aliphatic rings. The molecule has 0 radical (unpaired) electrons. The molecular formula is C28H20ClNO5. The van der Waals surface area contributed by atoms with Crippen LogP contribution in [0.25, 0.3) is 0 Å². The molecule has 7 heteroatoms. The van der Waals surface area contributed by atoms with Crippen LogP contribution in [0.4, 0.5) is 0 Å². The van der Waals surface area contributed by atoms with Gasteiger partial charge in [0.05, 0.1) is 24.5 Å². The second-order valence-corrected chi connectivity index (χ2v) is 9.72. The standard InChI is InChI=1S/C28H20ClNO5/c1-15-6-10-17(11-7-15)23-21-22(27(34)30(26(21)33)14-16-8-12-18(29)13-9-16)28(35-23)24(31)19-4-2-3-5-20(19)25(28)32/h2-13,21-23H,14H2,1H3/t21-,22-,23-/m0/s1. The van der Waals surface area contributed by atoms with Gasteiger partial charge < -0.3 is 4.74 Å². The highest BCUT2D eigenvalue weighted by Gasteiger charge is 2.74. The largest absolute Gasteiger partial charge is 0.349 e. The number of hydrogen-bond acceptors (Lipinski definition) is 5. The monoisotopic (exact) mass is 485 g/mol. The van der Waals surface area contributed by atoms with Gasteiger partial charge in [0.2, 0.25) is 29.0 Å². The smallest absolute Gasteiger partial charge is 0.237 e. The van der Waals surface area contributed by atoms with E-state index >= 15 is 0 Å². The maximum atomic E-state index is 13.8. The molecule has 2 saturated heterocycles. The number of rotatable bonds is 3. The predicted octanol–water partition coefficient (Wildman–Crippen LogP) is 4.34. The number of ketones is 2. The van der Waals surface area contributed by atoms with Gasteiger partial charge >= 0.3 is 0 Å². The first-order valence-electron chi connectivity index (χ1n) is 11.4. The fourth-order valence-electron chi connectivity index (χ4n) is 5.56. The summed E-state index contributed by atoms with van der Waals surface area (Å²) in [5.74, 6) is -4.36. The highest BCUT2D eigenvalue weighted by atomic mass is 35.5. The molecule has 2 fully saturated rings. The van der Waals surface area contributed by atoms with E-state index in [-0.39, 0.29) is 17.7 Å². The number of ether oxygens (including phenoxy) is 1. The Hall–Kier alpha value is -3.61. The summed E-state index contributed by atoms with van der Waals surface area (Å²) in [5, 5.41) is 0.538. The molecule has 2 heterocycles. The van der Waals surface area contributed by atoms with Gasteiger partial charge in [-0.1, -0.05) is 77.8 Å². The van der Waals surface area contributed by atoms with E-state index in [2.05, 4.69) is 0 Å². The molecule has 2 aliphatic heterocycles. The number of amides is 2. The van der Waals surface area contributed by atoms with Crippen LogP contribution in [0.1, 0.15) is 43.5 Å². The average Bonchev–Trinajstić information content (AvgIpc) is 3.42. The number of halogens is 1. The summed E-state index contributed by atoms with van der Waals surface area (Å²) < 4.78 is 6.28. The zero-order chi connectivity index (χ0) is 24.5. The molecule has 0 saturated carbocycles. The first kappa shape index (κ1) is 21.9. The first-order chi connectivity index (χ1) is 16.8. The lowest BCUT2D eigenvalue weighted by Gasteiger charge is -2.27. The Labute approximate surface area is 206 Å². The second kappa shape index (κ2) is 7.70. The molecule has 0 bridgehead atoms. The quantitative estimate of drug-likeness (QED) is 0.407. The van der Waals surface area contributed by atoms with Gasteiger partial charge in [-0.25, -0.2) is 0 Å². The molecule has 1 aliphatic carbocycles. The predicted molar refractivity (Wildman–Crippen MR) is 127 cm³/mol. The molecule has 0 aromatic heterocycles. The first-order valence-corrected chi connectivity index (χ1v) is 11.7. The summed E-state index contributed by atoms with van der Waals surface area (Å²) in [5.41, 5.74) is 0.760. The maximum Gasteiger partial charge on any atom is 0.237 e. The zero-order valence-electron chi connectivity index (χ0n) is 18.7. The van der Waals surface area contributed by atoms with Crippen LogP contribution in [-0.4, -0.2) is 33.9 Å². The lowest BCUT2D eigenvalue weighted by Crippen LogP contribution is -2.50. The summed E-state index contributed by atoms with van der Waals surface area (Å²) in [4.78, 5) is 56.1. The number of Topliss-reactive ketones (excluding diaryl/α,β-unsaturated/α-hetero) is 2. The molecule has 3 aromatic carbocycles. The Morgan fingerprint density at radius 1 is 0.829 bits per heavy atom. The van der Waals surface area contributed by atoms with Crippen LogP contribution in [0, 0.1) is 18.8 Å². The van der Waals surface area contributed by atoms with Crippen molar-refractivity contribution in [1.82, 2.24) is 4.90 Å². The summed E-state index contributed by atoms with van der Waals surface area (Å²) in [6.07, 6.45) is -0.908. The van der Waals surface area contributed by atoms with Crippen LogP contribution in [0.3, 0.4) is 0 Å². The third kappa shape index (κ3) is 3.00. The average molecular weight is 486 g/mol. The SMILES string of the molecule is Cc1ccc([C@@H]2OC3(C(=O)c4ccccc4C3=O)[C@@H]3C(=O)N(Cc4ccc(Cl)cc4)C(=O)[C@@H]32)cc1. The number of benzene rings is 3. The maximum absolute atomic E-state index is 13.8. The highest BCUT2D eigenvalue weighted by Crippen LogP contribution is 2.57. The third-order valence-electron chi connectivity index (χ3n) is 7.27. The van der Waals surface area contributed by atoms with Crippen molar-refractivity contribution in [2.45, 2.75) is 25.2 Å². The van der Waals surface area contributed by atoms with Crippen LogP contribution >= 0.6 is 11.6 Å². The summed E-state index contributed by atoms with van der Waals surface area (Å²) in [6.45, 7) is 1.95. The van der Waals surface area contributed by atoms with E-state index in [0.29, 0.717) is 16.1 Å². The molecule has 3 aromatic rings. The molecule has 3 atom stereocenters. The fraction of sp³-hybridized carbons (Fsp3) is 0.214. The van der Waals surface area contributed by atoms with Crippen molar-refractivity contribution >= 4 is 35.0 Å². The number of nitrogens with zero attached hydrogens (tertiary/aromatic N) is 1. The summed E-state index contributed by atoms with van der Waals surface area (Å²) >= 11 is 5.98. The van der Waals surface area contributed by atoms with Crippen LogP contribution in [-0.2, 0) is 20.9 Å². The minimum absolute atomic E-state index is 0.0217. The Balaban J connectivity index is 1.48. The van der Waals surface area contributed by atoms with Crippen molar-refractivity contribution in [2.24, 2.45) is 11.8 Å². The number of carbonyl (C=O) groups is 4. The van der Waals surface area contributed by atoms with Crippen molar-refractivity contribution in [1.29, 1.82) is 0 Å². The summed E-state index contributed by atoms with van der Waals surface area (Å²) in [7, 11) is 0. The van der Waals surface area contributed by atoms with Crippen LogP contribution < -0.4 is 0 Å².